The second-order valence-electron chi connectivity index (χ2n) is 4.09. The molecule has 0 aromatic carbocycles. The molecule has 3 nitrogen and oxygen atoms in total. The van der Waals surface area contributed by atoms with Crippen LogP contribution >= 0.6 is 23.4 Å². The third-order valence-corrected chi connectivity index (χ3v) is 2.96. The van der Waals surface area contributed by atoms with Crippen LogP contribution in [0.3, 0.4) is 0 Å². The lowest BCUT2D eigenvalue weighted by atomic mass is 10.3. The van der Waals surface area contributed by atoms with Crippen molar-refractivity contribution in [1.29, 1.82) is 0 Å². The van der Waals surface area contributed by atoms with E-state index < -0.39 is 0 Å². The molecule has 5 heteroatoms. The Hall–Kier alpha value is -0.480. The predicted octanol–water partition coefficient (Wildman–Crippen LogP) is 3.45. The van der Waals surface area contributed by atoms with Crippen molar-refractivity contribution in [2.75, 3.05) is 11.9 Å². The van der Waals surface area contributed by atoms with E-state index in [4.69, 9.17) is 11.6 Å². The summed E-state index contributed by atoms with van der Waals surface area (Å²) in [6.45, 7) is 9.20. The highest BCUT2D eigenvalue weighted by molar-refractivity contribution is 8.00. The van der Waals surface area contributed by atoms with E-state index in [-0.39, 0.29) is 4.75 Å². The Bertz CT molecular complexity index is 336. The molecule has 1 aromatic heterocycles. The van der Waals surface area contributed by atoms with Crippen LogP contribution in [0.15, 0.2) is 11.2 Å². The SMILES string of the molecule is CCNc1ncc(Cl)c(SC(C)(C)C)n1. The number of nitrogens with one attached hydrogen (secondary N) is 1. The third kappa shape index (κ3) is 4.26. The van der Waals surface area contributed by atoms with Crippen LogP contribution in [0.2, 0.25) is 5.02 Å². The summed E-state index contributed by atoms with van der Waals surface area (Å²) in [4.78, 5) is 8.45. The molecule has 0 unspecified atom stereocenters. The number of rotatable bonds is 3. The quantitative estimate of drug-likeness (QED) is 0.654. The van der Waals surface area contributed by atoms with E-state index in [1.807, 2.05) is 6.92 Å². The third-order valence-electron chi connectivity index (χ3n) is 1.45. The molecule has 0 fully saturated rings. The number of anilines is 1. The highest BCUT2D eigenvalue weighted by Crippen LogP contribution is 2.34. The Morgan fingerprint density at radius 2 is 2.13 bits per heavy atom. The molecular weight excluding hydrogens is 230 g/mol. The van der Waals surface area contributed by atoms with Crippen molar-refractivity contribution >= 4 is 29.3 Å². The van der Waals surface area contributed by atoms with Gasteiger partial charge in [0, 0.05) is 11.3 Å². The van der Waals surface area contributed by atoms with Crippen LogP contribution in [0, 0.1) is 0 Å². The van der Waals surface area contributed by atoms with Gasteiger partial charge in [-0.1, -0.05) is 44.1 Å². The van der Waals surface area contributed by atoms with E-state index in [0.29, 0.717) is 11.0 Å². The van der Waals surface area contributed by atoms with E-state index in [0.717, 1.165) is 11.6 Å². The summed E-state index contributed by atoms with van der Waals surface area (Å²) in [5.74, 6) is 0.633. The van der Waals surface area contributed by atoms with Crippen molar-refractivity contribution in [1.82, 2.24) is 9.97 Å². The van der Waals surface area contributed by atoms with Gasteiger partial charge in [0.15, 0.2) is 0 Å². The fourth-order valence-corrected chi connectivity index (χ4v) is 2.03. The van der Waals surface area contributed by atoms with E-state index >= 15 is 0 Å². The molecule has 0 spiro atoms. The van der Waals surface area contributed by atoms with Crippen molar-refractivity contribution in [2.45, 2.75) is 37.5 Å². The molecule has 1 N–H and O–H groups in total. The molecule has 0 aliphatic heterocycles. The summed E-state index contributed by atoms with van der Waals surface area (Å²) in [5, 5.41) is 4.50. The topological polar surface area (TPSA) is 37.8 Å². The van der Waals surface area contributed by atoms with Gasteiger partial charge < -0.3 is 5.32 Å². The summed E-state index contributed by atoms with van der Waals surface area (Å²) in [5.41, 5.74) is 0. The van der Waals surface area contributed by atoms with Crippen LogP contribution in [-0.4, -0.2) is 21.3 Å². The first kappa shape index (κ1) is 12.6. The maximum Gasteiger partial charge on any atom is 0.223 e. The number of thioether (sulfide) groups is 1. The molecule has 0 aliphatic carbocycles. The summed E-state index contributed by atoms with van der Waals surface area (Å²) in [7, 11) is 0. The second kappa shape index (κ2) is 5.03. The van der Waals surface area contributed by atoms with Gasteiger partial charge in [-0.15, -0.1) is 0 Å². The standard InChI is InChI=1S/C10H16ClN3S/c1-5-12-9-13-6-7(11)8(14-9)15-10(2,3)4/h6H,5H2,1-4H3,(H,12,13,14). The lowest BCUT2D eigenvalue weighted by molar-refractivity contribution is 0.798. The van der Waals surface area contributed by atoms with Crippen LogP contribution in [-0.2, 0) is 0 Å². The van der Waals surface area contributed by atoms with Gasteiger partial charge in [0.25, 0.3) is 0 Å². The average molecular weight is 246 g/mol. The van der Waals surface area contributed by atoms with Crippen molar-refractivity contribution < 1.29 is 0 Å². The van der Waals surface area contributed by atoms with Gasteiger partial charge in [-0.05, 0) is 6.92 Å². The van der Waals surface area contributed by atoms with Crippen molar-refractivity contribution in [3.8, 4) is 0 Å². The van der Waals surface area contributed by atoms with E-state index in [1.54, 1.807) is 18.0 Å². The summed E-state index contributed by atoms with van der Waals surface area (Å²) in [6.07, 6.45) is 1.64. The van der Waals surface area contributed by atoms with Gasteiger partial charge >= 0.3 is 0 Å². The van der Waals surface area contributed by atoms with Crippen molar-refractivity contribution in [3.05, 3.63) is 11.2 Å². The molecule has 0 aliphatic rings. The maximum atomic E-state index is 6.03. The first-order chi connectivity index (χ1) is 6.92. The van der Waals surface area contributed by atoms with Gasteiger partial charge in [-0.3, -0.25) is 0 Å². The summed E-state index contributed by atoms with van der Waals surface area (Å²) >= 11 is 7.67. The largest absolute Gasteiger partial charge is 0.354 e. The van der Waals surface area contributed by atoms with E-state index in [1.165, 1.54) is 0 Å². The minimum absolute atomic E-state index is 0.0987. The minimum Gasteiger partial charge on any atom is -0.354 e. The number of hydrogen-bond donors (Lipinski definition) is 1. The first-order valence-electron chi connectivity index (χ1n) is 4.88. The summed E-state index contributed by atoms with van der Waals surface area (Å²) < 4.78 is 0.0987. The molecule has 0 saturated carbocycles. The second-order valence-corrected chi connectivity index (χ2v) is 6.31. The van der Waals surface area contributed by atoms with Gasteiger partial charge in [-0.2, -0.15) is 0 Å². The lowest BCUT2D eigenvalue weighted by Crippen LogP contribution is -2.09. The highest BCUT2D eigenvalue weighted by atomic mass is 35.5. The zero-order valence-electron chi connectivity index (χ0n) is 9.47. The van der Waals surface area contributed by atoms with Crippen LogP contribution in [0.25, 0.3) is 0 Å². The Morgan fingerprint density at radius 1 is 1.47 bits per heavy atom. The van der Waals surface area contributed by atoms with Gasteiger partial charge in [0.05, 0.1) is 11.2 Å². The van der Waals surface area contributed by atoms with Crippen LogP contribution in [0.5, 0.6) is 0 Å². The predicted molar refractivity (Wildman–Crippen MR) is 66.8 cm³/mol. The maximum absolute atomic E-state index is 6.03. The number of nitrogens with zero attached hydrogens (tertiary/aromatic N) is 2. The van der Waals surface area contributed by atoms with Crippen molar-refractivity contribution in [3.63, 3.8) is 0 Å². The van der Waals surface area contributed by atoms with Crippen LogP contribution < -0.4 is 5.32 Å². The van der Waals surface area contributed by atoms with Crippen LogP contribution in [0.1, 0.15) is 27.7 Å². The first-order valence-corrected chi connectivity index (χ1v) is 6.07. The average Bonchev–Trinajstić information content (AvgIpc) is 2.09. The molecule has 0 saturated heterocycles. The molecule has 1 heterocycles. The molecule has 0 radical (unpaired) electrons. The van der Waals surface area contributed by atoms with E-state index in [9.17, 15) is 0 Å². The molecule has 0 bridgehead atoms. The monoisotopic (exact) mass is 245 g/mol. The molecule has 0 atom stereocenters. The molecule has 84 valence electrons. The molecule has 1 aromatic rings. The van der Waals surface area contributed by atoms with Crippen LogP contribution in [0.4, 0.5) is 5.95 Å². The van der Waals surface area contributed by atoms with Gasteiger partial charge in [-0.25, -0.2) is 9.97 Å². The Balaban J connectivity index is 2.90. The number of halogens is 1. The molecule has 1 rings (SSSR count). The normalized spacial score (nSPS) is 11.5. The van der Waals surface area contributed by atoms with Crippen molar-refractivity contribution in [2.24, 2.45) is 0 Å². The molecular formula is C10H16ClN3S. The number of hydrogen-bond acceptors (Lipinski definition) is 4. The fraction of sp³-hybridized carbons (Fsp3) is 0.600. The van der Waals surface area contributed by atoms with Gasteiger partial charge in [0.1, 0.15) is 5.03 Å². The molecule has 15 heavy (non-hydrogen) atoms. The van der Waals surface area contributed by atoms with E-state index in [2.05, 4.69) is 36.1 Å². The summed E-state index contributed by atoms with van der Waals surface area (Å²) in [6, 6.07) is 0. The minimum atomic E-state index is 0.0987. The zero-order chi connectivity index (χ0) is 11.5. The van der Waals surface area contributed by atoms with Gasteiger partial charge in [0.2, 0.25) is 5.95 Å². The Kier molecular flexibility index (Phi) is 4.22. The molecule has 0 amide bonds. The Labute approximate surface area is 100 Å². The Morgan fingerprint density at radius 3 is 2.67 bits per heavy atom. The number of aromatic nitrogens is 2. The highest BCUT2D eigenvalue weighted by Gasteiger charge is 2.16. The smallest absolute Gasteiger partial charge is 0.223 e. The zero-order valence-corrected chi connectivity index (χ0v) is 11.0. The lowest BCUT2D eigenvalue weighted by Gasteiger charge is -2.17. The fourth-order valence-electron chi connectivity index (χ4n) is 0.956.